The maximum absolute atomic E-state index is 11.4. The highest BCUT2D eigenvalue weighted by Gasteiger charge is 2.57. The first kappa shape index (κ1) is 20.7. The van der Waals surface area contributed by atoms with Crippen molar-refractivity contribution in [2.24, 2.45) is 0 Å². The van der Waals surface area contributed by atoms with Crippen LogP contribution in [0.25, 0.3) is 0 Å². The highest BCUT2D eigenvalue weighted by atomic mass is 28.4. The monoisotopic (exact) mass is 348 g/mol. The first-order valence-corrected chi connectivity index (χ1v) is 10.8. The lowest BCUT2D eigenvalue weighted by molar-refractivity contribution is -0.442. The number of hydrogen-bond acceptors (Lipinski definition) is 6. The SMILES string of the molecule is CO[C@]1(C)O[C@@H](C=O)[C@@H](CO[Si](C)(C)C(C)(C)C)O[C@@]1(C)OC. The predicted octanol–water partition coefficient (Wildman–Crippen LogP) is 2.72. The standard InChI is InChI=1S/C16H32O6Si/c1-14(2,3)23(8,9)20-11-13-12(10-17)21-15(4,18-6)16(5,19-7)22-13/h10,12-13H,11H2,1-9H3/t12-,13+,15+,16+/m0/s1. The summed E-state index contributed by atoms with van der Waals surface area (Å²) in [5, 5.41) is 0.0742. The summed E-state index contributed by atoms with van der Waals surface area (Å²) in [4.78, 5) is 11.4. The number of carbonyl (C=O) groups is 1. The van der Waals surface area contributed by atoms with Gasteiger partial charge in [-0.15, -0.1) is 0 Å². The van der Waals surface area contributed by atoms with E-state index >= 15 is 0 Å². The summed E-state index contributed by atoms with van der Waals surface area (Å²) >= 11 is 0. The minimum absolute atomic E-state index is 0.0742. The van der Waals surface area contributed by atoms with Gasteiger partial charge in [-0.25, -0.2) is 0 Å². The number of ether oxygens (including phenoxy) is 4. The molecule has 0 aliphatic carbocycles. The van der Waals surface area contributed by atoms with Gasteiger partial charge in [-0.2, -0.15) is 0 Å². The van der Waals surface area contributed by atoms with E-state index in [1.54, 1.807) is 13.8 Å². The Kier molecular flexibility index (Phi) is 6.22. The van der Waals surface area contributed by atoms with Gasteiger partial charge in [0.05, 0.1) is 6.61 Å². The summed E-state index contributed by atoms with van der Waals surface area (Å²) < 4.78 is 28.9. The van der Waals surface area contributed by atoms with Crippen LogP contribution in [0, 0.1) is 0 Å². The molecule has 1 aliphatic rings. The van der Waals surface area contributed by atoms with Crippen molar-refractivity contribution in [2.75, 3.05) is 20.8 Å². The average Bonchev–Trinajstić information content (AvgIpc) is 2.46. The fourth-order valence-electron chi connectivity index (χ4n) is 2.12. The van der Waals surface area contributed by atoms with Gasteiger partial charge < -0.3 is 28.2 Å². The van der Waals surface area contributed by atoms with Crippen LogP contribution in [0.1, 0.15) is 34.6 Å². The Balaban J connectivity index is 2.93. The van der Waals surface area contributed by atoms with Crippen LogP contribution in [0.3, 0.4) is 0 Å². The van der Waals surface area contributed by atoms with E-state index in [1.165, 1.54) is 14.2 Å². The Morgan fingerprint density at radius 1 is 1.09 bits per heavy atom. The second-order valence-electron chi connectivity index (χ2n) is 7.75. The van der Waals surface area contributed by atoms with E-state index < -0.39 is 32.1 Å². The van der Waals surface area contributed by atoms with Crippen LogP contribution in [0.2, 0.25) is 18.1 Å². The van der Waals surface area contributed by atoms with E-state index in [2.05, 4.69) is 33.9 Å². The first-order valence-electron chi connectivity index (χ1n) is 7.91. The van der Waals surface area contributed by atoms with Gasteiger partial charge in [0.2, 0.25) is 11.6 Å². The fourth-order valence-corrected chi connectivity index (χ4v) is 3.14. The predicted molar refractivity (Wildman–Crippen MR) is 89.8 cm³/mol. The van der Waals surface area contributed by atoms with Crippen molar-refractivity contribution in [2.45, 2.75) is 76.5 Å². The fraction of sp³-hybridized carbons (Fsp3) is 0.938. The molecule has 0 spiro atoms. The molecular formula is C16H32O6Si. The lowest BCUT2D eigenvalue weighted by atomic mass is 10.0. The summed E-state index contributed by atoms with van der Waals surface area (Å²) in [6.45, 7) is 14.5. The summed E-state index contributed by atoms with van der Waals surface area (Å²) in [5.74, 6) is -2.32. The molecule has 1 saturated heterocycles. The van der Waals surface area contributed by atoms with E-state index in [4.69, 9.17) is 23.4 Å². The normalized spacial score (nSPS) is 36.0. The molecule has 0 aromatic heterocycles. The van der Waals surface area contributed by atoms with Gasteiger partial charge in [0.1, 0.15) is 12.2 Å². The topological polar surface area (TPSA) is 63.2 Å². The number of rotatable bonds is 6. The van der Waals surface area contributed by atoms with E-state index in [-0.39, 0.29) is 11.6 Å². The van der Waals surface area contributed by atoms with E-state index in [0.29, 0.717) is 0 Å². The van der Waals surface area contributed by atoms with Gasteiger partial charge in [0.25, 0.3) is 0 Å². The Labute approximate surface area is 140 Å². The molecule has 6 nitrogen and oxygen atoms in total. The third-order valence-electron chi connectivity index (χ3n) is 5.26. The Bertz CT molecular complexity index is 421. The van der Waals surface area contributed by atoms with Gasteiger partial charge in [-0.1, -0.05) is 20.8 Å². The highest BCUT2D eigenvalue weighted by molar-refractivity contribution is 6.74. The van der Waals surface area contributed by atoms with Crippen LogP contribution in [-0.2, 0) is 28.2 Å². The number of methoxy groups -OCH3 is 2. The molecule has 0 N–H and O–H groups in total. The maximum Gasteiger partial charge on any atom is 0.220 e. The Morgan fingerprint density at radius 3 is 1.96 bits per heavy atom. The second kappa shape index (κ2) is 6.90. The molecule has 1 fully saturated rings. The summed E-state index contributed by atoms with van der Waals surface area (Å²) in [6, 6.07) is 0. The zero-order valence-electron chi connectivity index (χ0n) is 15.9. The summed E-state index contributed by atoms with van der Waals surface area (Å²) in [5.41, 5.74) is 0. The number of aldehydes is 1. The molecule has 0 radical (unpaired) electrons. The van der Waals surface area contributed by atoms with Crippen LogP contribution >= 0.6 is 0 Å². The minimum Gasteiger partial charge on any atom is -0.414 e. The molecule has 0 unspecified atom stereocenters. The molecule has 0 aromatic carbocycles. The third-order valence-corrected chi connectivity index (χ3v) is 9.76. The lowest BCUT2D eigenvalue weighted by Crippen LogP contribution is -2.66. The van der Waals surface area contributed by atoms with Crippen molar-refractivity contribution < 1.29 is 28.2 Å². The van der Waals surface area contributed by atoms with Crippen molar-refractivity contribution in [3.63, 3.8) is 0 Å². The largest absolute Gasteiger partial charge is 0.414 e. The van der Waals surface area contributed by atoms with E-state index in [9.17, 15) is 4.79 Å². The summed E-state index contributed by atoms with van der Waals surface area (Å²) in [6.07, 6.45) is -0.589. The van der Waals surface area contributed by atoms with Crippen molar-refractivity contribution >= 4 is 14.6 Å². The lowest BCUT2D eigenvalue weighted by Gasteiger charge is -2.51. The molecule has 23 heavy (non-hydrogen) atoms. The van der Waals surface area contributed by atoms with Crippen LogP contribution in [0.15, 0.2) is 0 Å². The van der Waals surface area contributed by atoms with Crippen LogP contribution in [-0.4, -0.2) is 59.2 Å². The minimum atomic E-state index is -1.96. The molecule has 0 bridgehead atoms. The molecular weight excluding hydrogens is 316 g/mol. The second-order valence-corrected chi connectivity index (χ2v) is 12.6. The smallest absolute Gasteiger partial charge is 0.220 e. The zero-order valence-corrected chi connectivity index (χ0v) is 16.9. The number of carbonyl (C=O) groups excluding carboxylic acids is 1. The molecule has 0 aromatic rings. The quantitative estimate of drug-likeness (QED) is 0.543. The molecule has 1 heterocycles. The number of hydrogen-bond donors (Lipinski definition) is 0. The van der Waals surface area contributed by atoms with Crippen molar-refractivity contribution in [3.05, 3.63) is 0 Å². The zero-order chi connectivity index (χ0) is 18.1. The maximum atomic E-state index is 11.4. The first-order chi connectivity index (χ1) is 10.4. The van der Waals surface area contributed by atoms with E-state index in [0.717, 1.165) is 6.29 Å². The van der Waals surface area contributed by atoms with Gasteiger partial charge in [-0.05, 0) is 32.0 Å². The molecule has 0 saturated carbocycles. The van der Waals surface area contributed by atoms with Gasteiger partial charge in [0.15, 0.2) is 14.6 Å². The molecule has 136 valence electrons. The average molecular weight is 349 g/mol. The Hall–Kier alpha value is -0.313. The van der Waals surface area contributed by atoms with Gasteiger partial charge in [0, 0.05) is 14.2 Å². The highest BCUT2D eigenvalue weighted by Crippen LogP contribution is 2.40. The van der Waals surface area contributed by atoms with Crippen LogP contribution < -0.4 is 0 Å². The van der Waals surface area contributed by atoms with Crippen LogP contribution in [0.4, 0.5) is 0 Å². The molecule has 7 heteroatoms. The molecule has 1 aliphatic heterocycles. The van der Waals surface area contributed by atoms with Crippen molar-refractivity contribution in [3.8, 4) is 0 Å². The van der Waals surface area contributed by atoms with Gasteiger partial charge >= 0.3 is 0 Å². The third kappa shape index (κ3) is 4.03. The molecule has 4 atom stereocenters. The molecule has 0 amide bonds. The van der Waals surface area contributed by atoms with Gasteiger partial charge in [-0.3, -0.25) is 0 Å². The van der Waals surface area contributed by atoms with Crippen LogP contribution in [0.5, 0.6) is 0 Å². The Morgan fingerprint density at radius 2 is 1.57 bits per heavy atom. The van der Waals surface area contributed by atoms with Crippen molar-refractivity contribution in [1.82, 2.24) is 0 Å². The van der Waals surface area contributed by atoms with E-state index in [1.807, 2.05) is 0 Å². The van der Waals surface area contributed by atoms with Crippen molar-refractivity contribution in [1.29, 1.82) is 0 Å². The molecule has 1 rings (SSSR count). The summed E-state index contributed by atoms with van der Waals surface area (Å²) in [7, 11) is 1.06.